The lowest BCUT2D eigenvalue weighted by Crippen LogP contribution is -2.36. The van der Waals surface area contributed by atoms with Crippen molar-refractivity contribution in [3.63, 3.8) is 0 Å². The second-order valence-electron chi connectivity index (χ2n) is 6.86. The standard InChI is InChI=1S/C20H23ClN2O3S/c1-3-10-23-19(24)9-8-16-11-17(12-18(21)20(16)23)22-27(25,26)13-15-6-4-14(2)5-7-15/h4-7,11-12,22H,3,8-10,13H2,1-2H3. The number of halogens is 1. The molecule has 0 spiro atoms. The van der Waals surface area contributed by atoms with Crippen molar-refractivity contribution in [2.75, 3.05) is 16.2 Å². The van der Waals surface area contributed by atoms with Gasteiger partial charge in [-0.2, -0.15) is 0 Å². The summed E-state index contributed by atoms with van der Waals surface area (Å²) in [5.41, 5.74) is 3.82. The van der Waals surface area contributed by atoms with E-state index in [0.717, 1.165) is 23.1 Å². The fourth-order valence-corrected chi connectivity index (χ4v) is 4.81. The van der Waals surface area contributed by atoms with Crippen LogP contribution in [0.15, 0.2) is 36.4 Å². The highest BCUT2D eigenvalue weighted by molar-refractivity contribution is 7.91. The summed E-state index contributed by atoms with van der Waals surface area (Å²) in [6.45, 7) is 4.56. The van der Waals surface area contributed by atoms with Crippen LogP contribution in [0.5, 0.6) is 0 Å². The van der Waals surface area contributed by atoms with E-state index in [1.165, 1.54) is 0 Å². The van der Waals surface area contributed by atoms with Gasteiger partial charge in [0.05, 0.1) is 22.2 Å². The van der Waals surface area contributed by atoms with Crippen molar-refractivity contribution >= 4 is 38.9 Å². The topological polar surface area (TPSA) is 66.5 Å². The van der Waals surface area contributed by atoms with E-state index in [-0.39, 0.29) is 11.7 Å². The molecule has 1 heterocycles. The highest BCUT2D eigenvalue weighted by Gasteiger charge is 2.27. The summed E-state index contributed by atoms with van der Waals surface area (Å²) in [4.78, 5) is 13.9. The van der Waals surface area contributed by atoms with Gasteiger partial charge in [-0.05, 0) is 43.0 Å². The van der Waals surface area contributed by atoms with Crippen LogP contribution in [0.4, 0.5) is 11.4 Å². The van der Waals surface area contributed by atoms with Gasteiger partial charge in [0.15, 0.2) is 0 Å². The van der Waals surface area contributed by atoms with E-state index in [1.54, 1.807) is 17.0 Å². The Balaban J connectivity index is 1.85. The molecule has 0 aromatic heterocycles. The van der Waals surface area contributed by atoms with Crippen molar-refractivity contribution in [2.24, 2.45) is 0 Å². The number of hydrogen-bond donors (Lipinski definition) is 1. The first-order valence-electron chi connectivity index (χ1n) is 8.98. The van der Waals surface area contributed by atoms with Crippen molar-refractivity contribution in [1.82, 2.24) is 0 Å². The fraction of sp³-hybridized carbons (Fsp3) is 0.350. The van der Waals surface area contributed by atoms with E-state index in [4.69, 9.17) is 11.6 Å². The summed E-state index contributed by atoms with van der Waals surface area (Å²) >= 11 is 6.42. The molecule has 0 saturated heterocycles. The number of fused-ring (bicyclic) bond motifs is 1. The number of hydrogen-bond acceptors (Lipinski definition) is 3. The fourth-order valence-electron chi connectivity index (χ4n) is 3.29. The average molecular weight is 407 g/mol. The number of amides is 1. The predicted molar refractivity (Wildman–Crippen MR) is 110 cm³/mol. The van der Waals surface area contributed by atoms with Crippen LogP contribution in [-0.2, 0) is 27.0 Å². The molecular weight excluding hydrogens is 384 g/mol. The SMILES string of the molecule is CCCN1C(=O)CCc2cc(NS(=O)(=O)Cc3ccc(C)cc3)cc(Cl)c21. The Labute approximate surface area is 165 Å². The molecule has 0 aliphatic carbocycles. The van der Waals surface area contributed by atoms with Gasteiger partial charge < -0.3 is 4.90 Å². The Morgan fingerprint density at radius 1 is 1.15 bits per heavy atom. The molecule has 1 aliphatic rings. The number of nitrogens with zero attached hydrogens (tertiary/aromatic N) is 1. The van der Waals surface area contributed by atoms with Gasteiger partial charge in [0, 0.05) is 13.0 Å². The quantitative estimate of drug-likeness (QED) is 0.778. The van der Waals surface area contributed by atoms with Crippen LogP contribution in [0, 0.1) is 6.92 Å². The predicted octanol–water partition coefficient (Wildman–Crippen LogP) is 4.28. The second kappa shape index (κ2) is 7.90. The maximum absolute atomic E-state index is 12.5. The van der Waals surface area contributed by atoms with Crippen LogP contribution in [-0.4, -0.2) is 20.9 Å². The minimum Gasteiger partial charge on any atom is -0.311 e. The largest absolute Gasteiger partial charge is 0.311 e. The van der Waals surface area contributed by atoms with Gasteiger partial charge in [0.25, 0.3) is 0 Å². The van der Waals surface area contributed by atoms with Gasteiger partial charge in [-0.15, -0.1) is 0 Å². The highest BCUT2D eigenvalue weighted by Crippen LogP contribution is 2.37. The molecule has 0 atom stereocenters. The lowest BCUT2D eigenvalue weighted by molar-refractivity contribution is -0.118. The minimum absolute atomic E-state index is 0.0546. The van der Waals surface area contributed by atoms with Gasteiger partial charge in [-0.3, -0.25) is 9.52 Å². The number of benzene rings is 2. The minimum atomic E-state index is -3.57. The maximum atomic E-state index is 12.5. The first kappa shape index (κ1) is 19.7. The monoisotopic (exact) mass is 406 g/mol. The van der Waals surface area contributed by atoms with Crippen LogP contribution in [0.1, 0.15) is 36.5 Å². The summed E-state index contributed by atoms with van der Waals surface area (Å²) in [7, 11) is -3.57. The Morgan fingerprint density at radius 2 is 1.85 bits per heavy atom. The van der Waals surface area contributed by atoms with Crippen LogP contribution in [0.2, 0.25) is 5.02 Å². The summed E-state index contributed by atoms with van der Waals surface area (Å²) in [5, 5.41) is 0.391. The third kappa shape index (κ3) is 4.62. The van der Waals surface area contributed by atoms with Crippen molar-refractivity contribution in [3.05, 3.63) is 58.1 Å². The van der Waals surface area contributed by atoms with E-state index >= 15 is 0 Å². The second-order valence-corrected chi connectivity index (χ2v) is 8.99. The average Bonchev–Trinajstić information content (AvgIpc) is 2.59. The first-order chi connectivity index (χ1) is 12.8. The van der Waals surface area contributed by atoms with Gasteiger partial charge in [0.1, 0.15) is 0 Å². The van der Waals surface area contributed by atoms with Crippen LogP contribution in [0.25, 0.3) is 0 Å². The molecule has 2 aromatic rings. The summed E-state index contributed by atoms with van der Waals surface area (Å²) in [5.74, 6) is -0.0541. The molecular formula is C20H23ClN2O3S. The summed E-state index contributed by atoms with van der Waals surface area (Å²) in [6.07, 6.45) is 1.79. The zero-order valence-corrected chi connectivity index (χ0v) is 17.0. The van der Waals surface area contributed by atoms with Gasteiger partial charge in [-0.1, -0.05) is 48.4 Å². The zero-order valence-electron chi connectivity index (χ0n) is 15.5. The lowest BCUT2D eigenvalue weighted by Gasteiger charge is -2.30. The molecule has 0 bridgehead atoms. The van der Waals surface area contributed by atoms with E-state index in [9.17, 15) is 13.2 Å². The van der Waals surface area contributed by atoms with Crippen LogP contribution < -0.4 is 9.62 Å². The van der Waals surface area contributed by atoms with Gasteiger partial charge in [0.2, 0.25) is 15.9 Å². The van der Waals surface area contributed by atoms with Gasteiger partial charge >= 0.3 is 0 Å². The third-order valence-electron chi connectivity index (χ3n) is 4.52. The molecule has 2 aromatic carbocycles. The lowest BCUT2D eigenvalue weighted by atomic mass is 10.00. The number of anilines is 2. The van der Waals surface area contributed by atoms with Crippen LogP contribution in [0.3, 0.4) is 0 Å². The normalized spacial score (nSPS) is 14.2. The molecule has 27 heavy (non-hydrogen) atoms. The number of carbonyl (C=O) groups excluding carboxylic acids is 1. The molecule has 5 nitrogen and oxygen atoms in total. The third-order valence-corrected chi connectivity index (χ3v) is 6.07. The smallest absolute Gasteiger partial charge is 0.236 e. The van der Waals surface area contributed by atoms with E-state index in [2.05, 4.69) is 4.72 Å². The molecule has 0 radical (unpaired) electrons. The molecule has 1 aliphatic heterocycles. The van der Waals surface area contributed by atoms with Crippen molar-refractivity contribution < 1.29 is 13.2 Å². The number of carbonyl (C=O) groups is 1. The van der Waals surface area contributed by atoms with Crippen molar-refractivity contribution in [3.8, 4) is 0 Å². The molecule has 7 heteroatoms. The Morgan fingerprint density at radius 3 is 2.52 bits per heavy atom. The molecule has 1 N–H and O–H groups in total. The number of aryl methyl sites for hydroxylation is 2. The maximum Gasteiger partial charge on any atom is 0.236 e. The molecule has 0 fully saturated rings. The van der Waals surface area contributed by atoms with Crippen molar-refractivity contribution in [1.29, 1.82) is 0 Å². The first-order valence-corrected chi connectivity index (χ1v) is 11.0. The summed E-state index contributed by atoms with van der Waals surface area (Å²) in [6, 6.07) is 10.8. The Bertz CT molecular complexity index is 956. The highest BCUT2D eigenvalue weighted by atomic mass is 35.5. The van der Waals surface area contributed by atoms with Crippen LogP contribution >= 0.6 is 11.6 Å². The number of rotatable bonds is 6. The number of sulfonamides is 1. The molecule has 0 saturated carbocycles. The molecule has 3 rings (SSSR count). The van der Waals surface area contributed by atoms with E-state index in [1.807, 2.05) is 38.1 Å². The van der Waals surface area contributed by atoms with E-state index in [0.29, 0.717) is 35.8 Å². The summed E-state index contributed by atoms with van der Waals surface area (Å²) < 4.78 is 27.7. The Hall–Kier alpha value is -2.05. The Kier molecular flexibility index (Phi) is 5.77. The van der Waals surface area contributed by atoms with Gasteiger partial charge in [-0.25, -0.2) is 8.42 Å². The molecule has 1 amide bonds. The molecule has 144 valence electrons. The zero-order chi connectivity index (χ0) is 19.6. The number of nitrogens with one attached hydrogen (secondary N) is 1. The van der Waals surface area contributed by atoms with E-state index < -0.39 is 10.0 Å². The molecule has 0 unspecified atom stereocenters. The van der Waals surface area contributed by atoms with Crippen molar-refractivity contribution in [2.45, 2.75) is 38.9 Å².